The predicted octanol–water partition coefficient (Wildman–Crippen LogP) is 4.88. The molecular weight excluding hydrogens is 434 g/mol. The second kappa shape index (κ2) is 7.44. The van der Waals surface area contributed by atoms with Crippen LogP contribution < -0.4 is 5.56 Å². The molecule has 1 fully saturated rings. The van der Waals surface area contributed by atoms with E-state index < -0.39 is 5.60 Å². The van der Waals surface area contributed by atoms with Crippen LogP contribution >= 0.6 is 15.9 Å². The number of carbonyl (C=O) groups is 1. The molecule has 1 aliphatic heterocycles. The molecule has 0 radical (unpaired) electrons. The van der Waals surface area contributed by atoms with E-state index in [0.717, 1.165) is 20.8 Å². The van der Waals surface area contributed by atoms with Gasteiger partial charge in [0.25, 0.3) is 5.56 Å². The highest BCUT2D eigenvalue weighted by Gasteiger charge is 2.28. The third kappa shape index (κ3) is 3.88. The molecule has 0 N–H and O–H groups in total. The van der Waals surface area contributed by atoms with E-state index in [0.29, 0.717) is 31.3 Å². The molecular formula is C22H24BrN3O3. The highest BCUT2D eigenvalue weighted by molar-refractivity contribution is 9.10. The number of nitrogens with zero attached hydrogens (tertiary/aromatic N) is 3. The Labute approximate surface area is 177 Å². The van der Waals surface area contributed by atoms with Crippen molar-refractivity contribution in [1.82, 2.24) is 14.5 Å². The minimum absolute atomic E-state index is 0.0170. The molecule has 2 heterocycles. The number of rotatable bonds is 1. The molecule has 0 spiro atoms. The van der Waals surface area contributed by atoms with Crippen LogP contribution in [0.25, 0.3) is 21.7 Å². The average molecular weight is 458 g/mol. The first-order valence-electron chi connectivity index (χ1n) is 9.80. The van der Waals surface area contributed by atoms with Gasteiger partial charge in [0, 0.05) is 29.0 Å². The summed E-state index contributed by atoms with van der Waals surface area (Å²) in [6.45, 7) is 6.70. The van der Waals surface area contributed by atoms with Gasteiger partial charge in [-0.25, -0.2) is 9.78 Å². The largest absolute Gasteiger partial charge is 0.444 e. The number of hydrogen-bond acceptors (Lipinski definition) is 4. The molecule has 1 amide bonds. The van der Waals surface area contributed by atoms with Crippen molar-refractivity contribution in [2.24, 2.45) is 0 Å². The van der Waals surface area contributed by atoms with Crippen LogP contribution in [0.4, 0.5) is 4.79 Å². The zero-order valence-electron chi connectivity index (χ0n) is 16.8. The number of halogens is 1. The second-order valence-corrected chi connectivity index (χ2v) is 9.31. The number of ether oxygens (including phenoxy) is 1. The summed E-state index contributed by atoms with van der Waals surface area (Å²) in [5.41, 5.74) is 0.164. The van der Waals surface area contributed by atoms with Crippen LogP contribution in [-0.4, -0.2) is 39.2 Å². The molecule has 0 saturated carbocycles. The van der Waals surface area contributed by atoms with E-state index in [4.69, 9.17) is 4.74 Å². The van der Waals surface area contributed by atoms with Crippen LogP contribution in [0.5, 0.6) is 0 Å². The Kier molecular flexibility index (Phi) is 5.11. The lowest BCUT2D eigenvalue weighted by Crippen LogP contribution is -2.43. The lowest BCUT2D eigenvalue weighted by molar-refractivity contribution is 0.0187. The zero-order valence-corrected chi connectivity index (χ0v) is 18.4. The summed E-state index contributed by atoms with van der Waals surface area (Å²) >= 11 is 3.59. The van der Waals surface area contributed by atoms with Crippen LogP contribution in [0.1, 0.15) is 39.7 Å². The van der Waals surface area contributed by atoms with E-state index in [1.54, 1.807) is 15.8 Å². The zero-order chi connectivity index (χ0) is 20.8. The number of carbonyl (C=O) groups excluding carboxylic acids is 1. The van der Waals surface area contributed by atoms with Crippen LogP contribution in [-0.2, 0) is 4.74 Å². The van der Waals surface area contributed by atoms with Gasteiger partial charge in [0.2, 0.25) is 0 Å². The molecule has 3 aromatic rings. The maximum absolute atomic E-state index is 13.2. The SMILES string of the molecule is CC(C)(C)OC(=O)N1CCC(n2cnc3c(cc(Br)c4ccccc43)c2=O)CC1. The third-order valence-corrected chi connectivity index (χ3v) is 5.91. The van der Waals surface area contributed by atoms with Gasteiger partial charge in [-0.05, 0) is 45.1 Å². The molecule has 0 aliphatic carbocycles. The molecule has 7 heteroatoms. The lowest BCUT2D eigenvalue weighted by atomic mass is 10.0. The Morgan fingerprint density at radius 2 is 1.79 bits per heavy atom. The van der Waals surface area contributed by atoms with Crippen molar-refractivity contribution in [1.29, 1.82) is 0 Å². The molecule has 1 aliphatic rings. The number of likely N-dealkylation sites (tertiary alicyclic amines) is 1. The standard InChI is InChI=1S/C22H24BrN3O3/c1-22(2,3)29-21(28)25-10-8-14(9-11-25)26-13-24-19-16-7-5-4-6-15(16)18(23)12-17(19)20(26)27/h4-7,12-14H,8-11H2,1-3H3. The van der Waals surface area contributed by atoms with Crippen molar-refractivity contribution in [2.75, 3.05) is 13.1 Å². The topological polar surface area (TPSA) is 64.4 Å². The Balaban J connectivity index is 1.61. The fraction of sp³-hybridized carbons (Fsp3) is 0.409. The molecule has 6 nitrogen and oxygen atoms in total. The van der Waals surface area contributed by atoms with Crippen molar-refractivity contribution in [3.05, 3.63) is 51.5 Å². The third-order valence-electron chi connectivity index (χ3n) is 5.25. The fourth-order valence-electron chi connectivity index (χ4n) is 3.84. The number of fused-ring (bicyclic) bond motifs is 3. The number of hydrogen-bond donors (Lipinski definition) is 0. The van der Waals surface area contributed by atoms with Gasteiger partial charge in [0.1, 0.15) is 5.60 Å². The van der Waals surface area contributed by atoms with E-state index in [9.17, 15) is 9.59 Å². The predicted molar refractivity (Wildman–Crippen MR) is 117 cm³/mol. The number of piperidine rings is 1. The van der Waals surface area contributed by atoms with Gasteiger partial charge < -0.3 is 9.64 Å². The Hall–Kier alpha value is -2.41. The summed E-state index contributed by atoms with van der Waals surface area (Å²) in [4.78, 5) is 31.8. The minimum atomic E-state index is -0.511. The summed E-state index contributed by atoms with van der Waals surface area (Å²) in [6.07, 6.45) is 2.75. The Morgan fingerprint density at radius 3 is 2.45 bits per heavy atom. The molecule has 0 bridgehead atoms. The first kappa shape index (κ1) is 19.9. The van der Waals surface area contributed by atoms with Crippen molar-refractivity contribution in [3.8, 4) is 0 Å². The van der Waals surface area contributed by atoms with Gasteiger partial charge in [-0.3, -0.25) is 9.36 Å². The van der Waals surface area contributed by atoms with Crippen molar-refractivity contribution >= 4 is 43.7 Å². The normalized spacial score (nSPS) is 15.8. The quantitative estimate of drug-likeness (QED) is 0.488. The minimum Gasteiger partial charge on any atom is -0.444 e. The van der Waals surface area contributed by atoms with Crippen LogP contribution in [0, 0.1) is 0 Å². The number of amides is 1. The maximum Gasteiger partial charge on any atom is 0.410 e. The smallest absolute Gasteiger partial charge is 0.410 e. The average Bonchev–Trinajstić information content (AvgIpc) is 2.68. The first-order valence-corrected chi connectivity index (χ1v) is 10.6. The van der Waals surface area contributed by atoms with Gasteiger partial charge in [-0.1, -0.05) is 40.2 Å². The van der Waals surface area contributed by atoms with Crippen LogP contribution in [0.15, 0.2) is 45.9 Å². The molecule has 2 aromatic carbocycles. The number of benzene rings is 2. The van der Waals surface area contributed by atoms with E-state index in [1.165, 1.54) is 0 Å². The van der Waals surface area contributed by atoms with Gasteiger partial charge in [0.05, 0.1) is 17.2 Å². The molecule has 4 rings (SSSR count). The van der Waals surface area contributed by atoms with Crippen molar-refractivity contribution < 1.29 is 9.53 Å². The lowest BCUT2D eigenvalue weighted by Gasteiger charge is -2.34. The van der Waals surface area contributed by atoms with Gasteiger partial charge in [-0.2, -0.15) is 0 Å². The van der Waals surface area contributed by atoms with Crippen LogP contribution in [0.3, 0.4) is 0 Å². The Morgan fingerprint density at radius 1 is 1.14 bits per heavy atom. The van der Waals surface area contributed by atoms with Gasteiger partial charge in [-0.15, -0.1) is 0 Å². The second-order valence-electron chi connectivity index (χ2n) is 8.46. The molecule has 0 atom stereocenters. The van der Waals surface area contributed by atoms with Crippen LogP contribution in [0.2, 0.25) is 0 Å². The van der Waals surface area contributed by atoms with E-state index in [1.807, 2.05) is 51.1 Å². The van der Waals surface area contributed by atoms with Crippen molar-refractivity contribution in [3.63, 3.8) is 0 Å². The maximum atomic E-state index is 13.2. The van der Waals surface area contributed by atoms with Gasteiger partial charge >= 0.3 is 6.09 Å². The van der Waals surface area contributed by atoms with E-state index in [2.05, 4.69) is 20.9 Å². The number of aromatic nitrogens is 2. The Bertz CT molecular complexity index is 1140. The molecule has 1 aromatic heterocycles. The van der Waals surface area contributed by atoms with E-state index >= 15 is 0 Å². The summed E-state index contributed by atoms with van der Waals surface area (Å²) in [7, 11) is 0. The first-order chi connectivity index (χ1) is 13.7. The fourth-order valence-corrected chi connectivity index (χ4v) is 4.42. The monoisotopic (exact) mass is 457 g/mol. The molecule has 152 valence electrons. The molecule has 1 saturated heterocycles. The van der Waals surface area contributed by atoms with Gasteiger partial charge in [0.15, 0.2) is 0 Å². The summed E-state index contributed by atoms with van der Waals surface area (Å²) in [5, 5.41) is 2.60. The highest BCUT2D eigenvalue weighted by atomic mass is 79.9. The summed E-state index contributed by atoms with van der Waals surface area (Å²) in [6, 6.07) is 9.80. The van der Waals surface area contributed by atoms with E-state index in [-0.39, 0.29) is 17.7 Å². The summed E-state index contributed by atoms with van der Waals surface area (Å²) in [5.74, 6) is 0. The molecule has 29 heavy (non-hydrogen) atoms. The highest BCUT2D eigenvalue weighted by Crippen LogP contribution is 2.30. The van der Waals surface area contributed by atoms with Crippen molar-refractivity contribution in [2.45, 2.75) is 45.3 Å². The molecule has 0 unspecified atom stereocenters. The summed E-state index contributed by atoms with van der Waals surface area (Å²) < 4.78 is 8.06.